The summed E-state index contributed by atoms with van der Waals surface area (Å²) in [6.07, 6.45) is 1.06. The van der Waals surface area contributed by atoms with Crippen molar-refractivity contribution in [1.29, 1.82) is 0 Å². The Kier molecular flexibility index (Phi) is 6.17. The van der Waals surface area contributed by atoms with Gasteiger partial charge in [0, 0.05) is 6.07 Å². The quantitative estimate of drug-likeness (QED) is 0.740. The summed E-state index contributed by atoms with van der Waals surface area (Å²) in [7, 11) is -3.76. The third-order valence-corrected chi connectivity index (χ3v) is 5.56. The van der Waals surface area contributed by atoms with Crippen LogP contribution in [0.15, 0.2) is 42.5 Å². The molecule has 156 valence electrons. The first-order valence-corrected chi connectivity index (χ1v) is 11.1. The number of fused-ring (bicyclic) bond motifs is 1. The van der Waals surface area contributed by atoms with Crippen molar-refractivity contribution in [2.75, 3.05) is 35.7 Å². The SMILES string of the molecule is CCOc1ccccc1NC(=O)[C@H](C)N(c1ccc2c(c1)OCCO2)S(C)(=O)=O. The monoisotopic (exact) mass is 420 g/mol. The van der Waals surface area contributed by atoms with Crippen molar-refractivity contribution >= 4 is 27.3 Å². The second-order valence-corrected chi connectivity index (χ2v) is 8.34. The molecule has 2 aromatic carbocycles. The van der Waals surface area contributed by atoms with E-state index in [1.165, 1.54) is 6.92 Å². The highest BCUT2D eigenvalue weighted by Crippen LogP contribution is 2.35. The van der Waals surface area contributed by atoms with Crippen molar-refractivity contribution in [2.24, 2.45) is 0 Å². The highest BCUT2D eigenvalue weighted by molar-refractivity contribution is 7.92. The molecular weight excluding hydrogens is 396 g/mol. The second-order valence-electron chi connectivity index (χ2n) is 6.48. The van der Waals surface area contributed by atoms with Gasteiger partial charge in [-0.25, -0.2) is 8.42 Å². The number of benzene rings is 2. The lowest BCUT2D eigenvalue weighted by molar-refractivity contribution is -0.116. The van der Waals surface area contributed by atoms with Crippen LogP contribution in [0.5, 0.6) is 17.2 Å². The maximum absolute atomic E-state index is 12.9. The Balaban J connectivity index is 1.89. The number of anilines is 2. The van der Waals surface area contributed by atoms with Crippen LogP contribution in [0, 0.1) is 0 Å². The summed E-state index contributed by atoms with van der Waals surface area (Å²) in [6.45, 7) is 4.61. The summed E-state index contributed by atoms with van der Waals surface area (Å²) in [5, 5.41) is 2.75. The van der Waals surface area contributed by atoms with Gasteiger partial charge in [0.25, 0.3) is 0 Å². The molecule has 0 radical (unpaired) electrons. The Morgan fingerprint density at radius 3 is 2.55 bits per heavy atom. The van der Waals surface area contributed by atoms with E-state index in [0.717, 1.165) is 10.6 Å². The van der Waals surface area contributed by atoms with Gasteiger partial charge in [-0.15, -0.1) is 0 Å². The van der Waals surface area contributed by atoms with Crippen LogP contribution in [-0.2, 0) is 14.8 Å². The van der Waals surface area contributed by atoms with Gasteiger partial charge in [0.1, 0.15) is 25.0 Å². The molecule has 1 atom stereocenters. The number of carbonyl (C=O) groups excluding carboxylic acids is 1. The predicted molar refractivity (Wildman–Crippen MR) is 110 cm³/mol. The van der Waals surface area contributed by atoms with Crippen LogP contribution in [0.3, 0.4) is 0 Å². The van der Waals surface area contributed by atoms with Crippen LogP contribution in [-0.4, -0.2) is 46.4 Å². The van der Waals surface area contributed by atoms with Gasteiger partial charge in [0.15, 0.2) is 11.5 Å². The number of rotatable bonds is 7. The lowest BCUT2D eigenvalue weighted by atomic mass is 10.2. The van der Waals surface area contributed by atoms with E-state index < -0.39 is 22.0 Å². The first-order chi connectivity index (χ1) is 13.8. The highest BCUT2D eigenvalue weighted by Gasteiger charge is 2.30. The molecule has 1 aliphatic rings. The molecule has 2 aromatic rings. The summed E-state index contributed by atoms with van der Waals surface area (Å²) in [4.78, 5) is 12.9. The molecule has 1 N–H and O–H groups in total. The van der Waals surface area contributed by atoms with E-state index in [9.17, 15) is 13.2 Å². The first-order valence-electron chi connectivity index (χ1n) is 9.23. The number of sulfonamides is 1. The standard InChI is InChI=1S/C20H24N2O6S/c1-4-26-17-8-6-5-7-16(17)21-20(23)14(2)22(29(3,24)25)15-9-10-18-19(13-15)28-12-11-27-18/h5-10,13-14H,4,11-12H2,1-3H3,(H,21,23)/t14-/m0/s1. The number of ether oxygens (including phenoxy) is 3. The minimum atomic E-state index is -3.76. The zero-order valence-corrected chi connectivity index (χ0v) is 17.4. The van der Waals surface area contributed by atoms with Crippen molar-refractivity contribution in [1.82, 2.24) is 0 Å². The topological polar surface area (TPSA) is 94.2 Å². The first kappa shape index (κ1) is 20.8. The van der Waals surface area contributed by atoms with E-state index in [4.69, 9.17) is 14.2 Å². The van der Waals surface area contributed by atoms with Gasteiger partial charge < -0.3 is 19.5 Å². The molecule has 1 heterocycles. The summed E-state index contributed by atoms with van der Waals surface area (Å²) in [5.74, 6) is 1.01. The van der Waals surface area contributed by atoms with Gasteiger partial charge in [-0.3, -0.25) is 9.10 Å². The Morgan fingerprint density at radius 1 is 1.17 bits per heavy atom. The molecule has 0 saturated carbocycles. The molecule has 0 saturated heterocycles. The third-order valence-electron chi connectivity index (χ3n) is 4.31. The Morgan fingerprint density at radius 2 is 1.86 bits per heavy atom. The van der Waals surface area contributed by atoms with Gasteiger partial charge in [-0.2, -0.15) is 0 Å². The van der Waals surface area contributed by atoms with Crippen molar-refractivity contribution in [2.45, 2.75) is 19.9 Å². The van der Waals surface area contributed by atoms with Gasteiger partial charge in [0.2, 0.25) is 15.9 Å². The maximum Gasteiger partial charge on any atom is 0.248 e. The number of nitrogens with zero attached hydrogens (tertiary/aromatic N) is 1. The van der Waals surface area contributed by atoms with Crippen molar-refractivity contribution in [3.05, 3.63) is 42.5 Å². The van der Waals surface area contributed by atoms with Crippen molar-refractivity contribution in [3.63, 3.8) is 0 Å². The van der Waals surface area contributed by atoms with Gasteiger partial charge in [-0.1, -0.05) is 12.1 Å². The lowest BCUT2D eigenvalue weighted by Gasteiger charge is -2.29. The molecule has 0 unspecified atom stereocenters. The van der Waals surface area contributed by atoms with Crippen LogP contribution >= 0.6 is 0 Å². The van der Waals surface area contributed by atoms with Gasteiger partial charge >= 0.3 is 0 Å². The van der Waals surface area contributed by atoms with Crippen LogP contribution in [0.25, 0.3) is 0 Å². The summed E-state index contributed by atoms with van der Waals surface area (Å²) >= 11 is 0. The highest BCUT2D eigenvalue weighted by atomic mass is 32.2. The predicted octanol–water partition coefficient (Wildman–Crippen LogP) is 2.65. The molecule has 8 nitrogen and oxygen atoms in total. The largest absolute Gasteiger partial charge is 0.492 e. The van der Waals surface area contributed by atoms with Crippen LogP contribution < -0.4 is 23.8 Å². The molecular formula is C20H24N2O6S. The number of hydrogen-bond acceptors (Lipinski definition) is 6. The normalized spacial score (nSPS) is 14.0. The summed E-state index contributed by atoms with van der Waals surface area (Å²) in [5.41, 5.74) is 0.791. The number of carbonyl (C=O) groups is 1. The minimum Gasteiger partial charge on any atom is -0.492 e. The number of nitrogens with one attached hydrogen (secondary N) is 1. The van der Waals surface area contributed by atoms with Gasteiger partial charge in [0.05, 0.1) is 24.2 Å². The number of para-hydroxylation sites is 2. The zero-order valence-electron chi connectivity index (χ0n) is 16.5. The zero-order chi connectivity index (χ0) is 21.0. The molecule has 0 spiro atoms. The molecule has 0 fully saturated rings. The second kappa shape index (κ2) is 8.60. The summed E-state index contributed by atoms with van der Waals surface area (Å²) < 4.78 is 42.6. The average Bonchev–Trinajstić information content (AvgIpc) is 2.68. The summed E-state index contributed by atoms with van der Waals surface area (Å²) in [6, 6.07) is 10.8. The fourth-order valence-electron chi connectivity index (χ4n) is 3.07. The lowest BCUT2D eigenvalue weighted by Crippen LogP contribution is -2.45. The van der Waals surface area contributed by atoms with E-state index in [0.29, 0.717) is 48.4 Å². The molecule has 3 rings (SSSR count). The fourth-order valence-corrected chi connectivity index (χ4v) is 4.23. The van der Waals surface area contributed by atoms with Crippen LogP contribution in [0.1, 0.15) is 13.8 Å². The average molecular weight is 420 g/mol. The fraction of sp³-hybridized carbons (Fsp3) is 0.350. The smallest absolute Gasteiger partial charge is 0.248 e. The van der Waals surface area contributed by atoms with E-state index in [-0.39, 0.29) is 0 Å². The Labute approximate surface area is 170 Å². The van der Waals surface area contributed by atoms with E-state index in [1.54, 1.807) is 42.5 Å². The van der Waals surface area contributed by atoms with Crippen LogP contribution in [0.2, 0.25) is 0 Å². The van der Waals surface area contributed by atoms with Crippen LogP contribution in [0.4, 0.5) is 11.4 Å². The molecule has 29 heavy (non-hydrogen) atoms. The minimum absolute atomic E-state index is 0.317. The van der Waals surface area contributed by atoms with Crippen molar-refractivity contribution in [3.8, 4) is 17.2 Å². The Hall–Kier alpha value is -2.94. The molecule has 1 amide bonds. The molecule has 0 bridgehead atoms. The van der Waals surface area contributed by atoms with Gasteiger partial charge in [-0.05, 0) is 38.1 Å². The van der Waals surface area contributed by atoms with E-state index in [1.807, 2.05) is 6.92 Å². The molecule has 0 aliphatic carbocycles. The maximum atomic E-state index is 12.9. The third kappa shape index (κ3) is 4.73. The molecule has 0 aromatic heterocycles. The van der Waals surface area contributed by atoms with E-state index >= 15 is 0 Å². The number of hydrogen-bond donors (Lipinski definition) is 1. The van der Waals surface area contributed by atoms with Crippen molar-refractivity contribution < 1.29 is 27.4 Å². The molecule has 1 aliphatic heterocycles. The Bertz CT molecular complexity index is 992. The number of amides is 1. The molecule has 9 heteroatoms. The van der Waals surface area contributed by atoms with E-state index in [2.05, 4.69) is 5.32 Å².